The maximum Gasteiger partial charge on any atom is 0.244 e. The van der Waals surface area contributed by atoms with Gasteiger partial charge in [0.25, 0.3) is 0 Å². The number of carbonyl (C=O) groups excluding carboxylic acids is 1. The molecule has 0 saturated carbocycles. The van der Waals surface area contributed by atoms with Gasteiger partial charge in [0.05, 0.1) is 13.7 Å². The number of carbonyl (C=O) groups is 1. The predicted molar refractivity (Wildman–Crippen MR) is 127 cm³/mol. The molecule has 1 aromatic heterocycles. The van der Waals surface area contributed by atoms with Gasteiger partial charge in [-0.25, -0.2) is 4.98 Å². The zero-order valence-corrected chi connectivity index (χ0v) is 19.4. The first-order valence-electron chi connectivity index (χ1n) is 11.0. The summed E-state index contributed by atoms with van der Waals surface area (Å²) in [5.41, 5.74) is 2.83. The van der Waals surface area contributed by atoms with E-state index in [4.69, 9.17) is 14.2 Å². The van der Waals surface area contributed by atoms with Gasteiger partial charge in [0, 0.05) is 43.1 Å². The number of imidazole rings is 1. The fourth-order valence-corrected chi connectivity index (χ4v) is 3.97. The number of ether oxygens (including phenoxy) is 3. The van der Waals surface area contributed by atoms with E-state index in [1.54, 1.807) is 19.4 Å². The van der Waals surface area contributed by atoms with Crippen LogP contribution in [0.15, 0.2) is 54.9 Å². The Morgan fingerprint density at radius 3 is 2.79 bits per heavy atom. The second-order valence-corrected chi connectivity index (χ2v) is 8.01. The summed E-state index contributed by atoms with van der Waals surface area (Å²) in [5, 5.41) is 3.07. The highest BCUT2D eigenvalue weighted by molar-refractivity contribution is 5.92. The monoisotopic (exact) mass is 447 g/mol. The van der Waals surface area contributed by atoms with Crippen molar-refractivity contribution in [2.45, 2.75) is 32.4 Å². The number of rotatable bonds is 8. The van der Waals surface area contributed by atoms with Crippen LogP contribution in [0, 0.1) is 0 Å². The van der Waals surface area contributed by atoms with Crippen molar-refractivity contribution in [3.63, 3.8) is 0 Å². The number of fused-ring (bicyclic) bond motifs is 1. The Hall–Kier alpha value is -3.74. The summed E-state index contributed by atoms with van der Waals surface area (Å²) in [7, 11) is 3.53. The fourth-order valence-electron chi connectivity index (χ4n) is 3.97. The lowest BCUT2D eigenvalue weighted by Gasteiger charge is -2.18. The van der Waals surface area contributed by atoms with Crippen LogP contribution in [0.1, 0.15) is 42.4 Å². The van der Waals surface area contributed by atoms with Crippen LogP contribution >= 0.6 is 0 Å². The molecule has 172 valence electrons. The molecular formula is C26H29N3O4. The van der Waals surface area contributed by atoms with Gasteiger partial charge in [-0.3, -0.25) is 4.79 Å². The Kier molecular flexibility index (Phi) is 6.68. The molecule has 33 heavy (non-hydrogen) atoms. The fraction of sp³-hybridized carbons (Fsp3) is 0.308. The maximum absolute atomic E-state index is 13.0. The number of hydrogen-bond donors (Lipinski definition) is 1. The van der Waals surface area contributed by atoms with Gasteiger partial charge in [-0.2, -0.15) is 0 Å². The number of aryl methyl sites for hydroxylation is 1. The summed E-state index contributed by atoms with van der Waals surface area (Å²) in [5.74, 6) is 2.83. The van der Waals surface area contributed by atoms with Gasteiger partial charge >= 0.3 is 0 Å². The second-order valence-electron chi connectivity index (χ2n) is 8.01. The normalized spacial score (nSPS) is 15.7. The van der Waals surface area contributed by atoms with Crippen LogP contribution in [0.5, 0.6) is 17.2 Å². The number of methoxy groups -OCH3 is 1. The molecule has 2 atom stereocenters. The lowest BCUT2D eigenvalue weighted by Crippen LogP contribution is -2.29. The molecule has 1 amide bonds. The molecule has 1 aliphatic rings. The maximum atomic E-state index is 13.0. The molecule has 0 bridgehead atoms. The Balaban J connectivity index is 1.58. The van der Waals surface area contributed by atoms with E-state index < -0.39 is 6.04 Å². The number of aromatic nitrogens is 2. The van der Waals surface area contributed by atoms with E-state index in [9.17, 15) is 4.79 Å². The molecular weight excluding hydrogens is 418 g/mol. The van der Waals surface area contributed by atoms with Crippen molar-refractivity contribution in [3.8, 4) is 17.2 Å². The van der Waals surface area contributed by atoms with Gasteiger partial charge in [0.15, 0.2) is 0 Å². The summed E-state index contributed by atoms with van der Waals surface area (Å²) in [4.78, 5) is 17.4. The van der Waals surface area contributed by atoms with Gasteiger partial charge < -0.3 is 24.1 Å². The zero-order chi connectivity index (χ0) is 23.4. The molecule has 1 aliphatic heterocycles. The van der Waals surface area contributed by atoms with E-state index >= 15 is 0 Å². The number of amides is 1. The van der Waals surface area contributed by atoms with Crippen molar-refractivity contribution < 1.29 is 19.0 Å². The summed E-state index contributed by atoms with van der Waals surface area (Å²) in [6.45, 7) is 4.53. The quantitative estimate of drug-likeness (QED) is 0.527. The van der Waals surface area contributed by atoms with Gasteiger partial charge in [-0.15, -0.1) is 0 Å². The van der Waals surface area contributed by atoms with Crippen LogP contribution in [-0.4, -0.2) is 35.3 Å². The molecule has 7 heteroatoms. The summed E-state index contributed by atoms with van der Waals surface area (Å²) in [6, 6.07) is 11.1. The second kappa shape index (κ2) is 9.81. The topological polar surface area (TPSA) is 74.6 Å². The zero-order valence-electron chi connectivity index (χ0n) is 19.4. The smallest absolute Gasteiger partial charge is 0.244 e. The van der Waals surface area contributed by atoms with Gasteiger partial charge in [-0.1, -0.05) is 12.1 Å². The predicted octanol–water partition coefficient (Wildman–Crippen LogP) is 4.07. The SMILES string of the molecule is CCOc1cc2c(cc1/C=C/C(=O)NC(c1ccc(OC)cc1)c1nccn1C)OC(C)C2. The van der Waals surface area contributed by atoms with Crippen molar-refractivity contribution in [3.05, 3.63) is 77.4 Å². The molecule has 0 aliphatic carbocycles. The third kappa shape index (κ3) is 5.03. The van der Waals surface area contributed by atoms with Crippen LogP contribution in [0.25, 0.3) is 6.08 Å². The lowest BCUT2D eigenvalue weighted by molar-refractivity contribution is -0.117. The Bertz CT molecular complexity index is 1150. The van der Waals surface area contributed by atoms with Crippen LogP contribution in [0.4, 0.5) is 0 Å². The molecule has 0 radical (unpaired) electrons. The highest BCUT2D eigenvalue weighted by Crippen LogP contribution is 2.35. The summed E-state index contributed by atoms with van der Waals surface area (Å²) >= 11 is 0. The van der Waals surface area contributed by atoms with Crippen molar-refractivity contribution in [1.82, 2.24) is 14.9 Å². The molecule has 2 unspecified atom stereocenters. The minimum absolute atomic E-state index is 0.139. The van der Waals surface area contributed by atoms with Gasteiger partial charge in [0.1, 0.15) is 35.2 Å². The van der Waals surface area contributed by atoms with Crippen LogP contribution in [0.2, 0.25) is 0 Å². The first-order chi connectivity index (χ1) is 16.0. The molecule has 0 spiro atoms. The highest BCUT2D eigenvalue weighted by Gasteiger charge is 2.22. The number of hydrogen-bond acceptors (Lipinski definition) is 5. The highest BCUT2D eigenvalue weighted by atomic mass is 16.5. The van der Waals surface area contributed by atoms with Crippen LogP contribution < -0.4 is 19.5 Å². The van der Waals surface area contributed by atoms with Crippen LogP contribution in [-0.2, 0) is 18.3 Å². The molecule has 0 fully saturated rings. The number of nitrogens with one attached hydrogen (secondary N) is 1. The Labute approximate surface area is 194 Å². The van der Waals surface area contributed by atoms with Crippen molar-refractivity contribution in [2.75, 3.05) is 13.7 Å². The van der Waals surface area contributed by atoms with E-state index in [2.05, 4.69) is 10.3 Å². The molecule has 2 heterocycles. The Morgan fingerprint density at radius 2 is 2.12 bits per heavy atom. The van der Waals surface area contributed by atoms with Crippen LogP contribution in [0.3, 0.4) is 0 Å². The Morgan fingerprint density at radius 1 is 1.33 bits per heavy atom. The largest absolute Gasteiger partial charge is 0.497 e. The van der Waals surface area contributed by atoms with Gasteiger partial charge in [0.2, 0.25) is 5.91 Å². The first-order valence-corrected chi connectivity index (χ1v) is 11.0. The standard InChI is InChI=1S/C26H29N3O4/c1-5-32-22-16-20-14-17(2)33-23(20)15-19(22)8-11-24(30)28-25(26-27-12-13-29(26)3)18-6-9-21(31-4)10-7-18/h6-13,15-17,25H,5,14H2,1-4H3,(H,28,30)/b11-8+. The minimum atomic E-state index is -0.413. The molecule has 2 aromatic carbocycles. The average molecular weight is 448 g/mol. The number of benzene rings is 2. The van der Waals surface area contributed by atoms with Crippen molar-refractivity contribution in [1.29, 1.82) is 0 Å². The first kappa shape index (κ1) is 22.5. The molecule has 7 nitrogen and oxygen atoms in total. The third-order valence-electron chi connectivity index (χ3n) is 5.59. The van der Waals surface area contributed by atoms with Crippen molar-refractivity contribution >= 4 is 12.0 Å². The summed E-state index contributed by atoms with van der Waals surface area (Å²) in [6.07, 6.45) is 7.84. The molecule has 0 saturated heterocycles. The molecule has 1 N–H and O–H groups in total. The molecule has 4 rings (SSSR count). The van der Waals surface area contributed by atoms with Crippen molar-refractivity contribution in [2.24, 2.45) is 7.05 Å². The molecule has 3 aromatic rings. The van der Waals surface area contributed by atoms with E-state index in [1.807, 2.05) is 68.1 Å². The van der Waals surface area contributed by atoms with Gasteiger partial charge in [-0.05, 0) is 49.8 Å². The minimum Gasteiger partial charge on any atom is -0.497 e. The van der Waals surface area contributed by atoms with E-state index in [-0.39, 0.29) is 12.0 Å². The lowest BCUT2D eigenvalue weighted by atomic mass is 10.0. The van der Waals surface area contributed by atoms with E-state index in [0.717, 1.165) is 46.2 Å². The number of nitrogens with zero attached hydrogens (tertiary/aromatic N) is 2. The summed E-state index contributed by atoms with van der Waals surface area (Å²) < 4.78 is 18.8. The van der Waals surface area contributed by atoms with E-state index in [1.165, 1.54) is 6.08 Å². The third-order valence-corrected chi connectivity index (χ3v) is 5.59. The van der Waals surface area contributed by atoms with E-state index in [0.29, 0.717) is 6.61 Å². The average Bonchev–Trinajstić information content (AvgIpc) is 3.40.